The minimum atomic E-state index is -0.372. The van der Waals surface area contributed by atoms with E-state index in [0.29, 0.717) is 5.02 Å². The van der Waals surface area contributed by atoms with Gasteiger partial charge in [0.2, 0.25) is 0 Å². The highest BCUT2D eigenvalue weighted by Crippen LogP contribution is 2.27. The van der Waals surface area contributed by atoms with Crippen LogP contribution in [0.1, 0.15) is 37.9 Å². The molecular formula is C11H14BrClO. The van der Waals surface area contributed by atoms with Crippen molar-refractivity contribution in [3.8, 4) is 0 Å². The van der Waals surface area contributed by atoms with Crippen LogP contribution in [0, 0.1) is 0 Å². The van der Waals surface area contributed by atoms with Crippen molar-refractivity contribution in [3.05, 3.63) is 33.3 Å². The fraction of sp³-hybridized carbons (Fsp3) is 0.455. The first-order valence-electron chi connectivity index (χ1n) is 4.78. The van der Waals surface area contributed by atoms with E-state index >= 15 is 0 Å². The molecule has 0 aliphatic heterocycles. The highest BCUT2D eigenvalue weighted by molar-refractivity contribution is 9.10. The molecule has 14 heavy (non-hydrogen) atoms. The molecule has 0 bridgehead atoms. The van der Waals surface area contributed by atoms with Gasteiger partial charge in [-0.1, -0.05) is 37.4 Å². The van der Waals surface area contributed by atoms with Crippen LogP contribution in [0.15, 0.2) is 22.7 Å². The van der Waals surface area contributed by atoms with Crippen molar-refractivity contribution in [2.45, 2.75) is 32.3 Å². The normalized spacial score (nSPS) is 12.9. The first-order valence-corrected chi connectivity index (χ1v) is 5.95. The van der Waals surface area contributed by atoms with Gasteiger partial charge in [0.1, 0.15) is 0 Å². The van der Waals surface area contributed by atoms with E-state index in [0.717, 1.165) is 29.3 Å². The van der Waals surface area contributed by atoms with Gasteiger partial charge in [0.05, 0.1) is 11.1 Å². The Hall–Kier alpha value is -0.0500. The second kappa shape index (κ2) is 5.74. The Bertz CT molecular complexity index is 301. The van der Waals surface area contributed by atoms with Crippen molar-refractivity contribution in [2.24, 2.45) is 0 Å². The molecule has 0 spiro atoms. The molecule has 3 heteroatoms. The van der Waals surface area contributed by atoms with Crippen LogP contribution in [0.2, 0.25) is 5.02 Å². The second-order valence-corrected chi connectivity index (χ2v) is 4.59. The maximum atomic E-state index is 9.80. The summed E-state index contributed by atoms with van der Waals surface area (Å²) in [6.45, 7) is 2.12. The minimum Gasteiger partial charge on any atom is -0.388 e. The summed E-state index contributed by atoms with van der Waals surface area (Å²) in [4.78, 5) is 0. The van der Waals surface area contributed by atoms with Gasteiger partial charge in [-0.05, 0) is 40.0 Å². The van der Waals surface area contributed by atoms with Gasteiger partial charge in [-0.15, -0.1) is 0 Å². The fourth-order valence-electron chi connectivity index (χ4n) is 1.28. The maximum absolute atomic E-state index is 9.80. The van der Waals surface area contributed by atoms with Gasteiger partial charge in [-0.3, -0.25) is 0 Å². The first kappa shape index (κ1) is 12.0. The molecule has 0 saturated carbocycles. The van der Waals surface area contributed by atoms with E-state index in [1.54, 1.807) is 6.07 Å². The lowest BCUT2D eigenvalue weighted by Crippen LogP contribution is -1.96. The Morgan fingerprint density at radius 2 is 2.21 bits per heavy atom. The Labute approximate surface area is 98.2 Å². The molecule has 1 nitrogen and oxygen atoms in total. The summed E-state index contributed by atoms with van der Waals surface area (Å²) < 4.78 is 0.840. The van der Waals surface area contributed by atoms with Crippen molar-refractivity contribution < 1.29 is 5.11 Å². The molecular weight excluding hydrogens is 263 g/mol. The van der Waals surface area contributed by atoms with E-state index in [-0.39, 0.29) is 6.10 Å². The summed E-state index contributed by atoms with van der Waals surface area (Å²) in [6.07, 6.45) is 2.58. The molecule has 0 radical (unpaired) electrons. The number of benzene rings is 1. The van der Waals surface area contributed by atoms with E-state index in [2.05, 4.69) is 22.9 Å². The van der Waals surface area contributed by atoms with Crippen LogP contribution in [-0.4, -0.2) is 5.11 Å². The number of aliphatic hydroxyl groups is 1. The van der Waals surface area contributed by atoms with Gasteiger partial charge >= 0.3 is 0 Å². The van der Waals surface area contributed by atoms with Crippen molar-refractivity contribution in [1.82, 2.24) is 0 Å². The Morgan fingerprint density at radius 1 is 1.50 bits per heavy atom. The van der Waals surface area contributed by atoms with Gasteiger partial charge in [-0.2, -0.15) is 0 Å². The largest absolute Gasteiger partial charge is 0.388 e. The van der Waals surface area contributed by atoms with E-state index in [1.807, 2.05) is 12.1 Å². The lowest BCUT2D eigenvalue weighted by molar-refractivity contribution is 0.164. The highest BCUT2D eigenvalue weighted by atomic mass is 79.9. The summed E-state index contributed by atoms with van der Waals surface area (Å²) in [6, 6.07) is 5.55. The van der Waals surface area contributed by atoms with Crippen molar-refractivity contribution >= 4 is 27.5 Å². The summed E-state index contributed by atoms with van der Waals surface area (Å²) in [5.74, 6) is 0. The van der Waals surface area contributed by atoms with Crippen LogP contribution in [0.3, 0.4) is 0 Å². The Balaban J connectivity index is 2.70. The number of unbranched alkanes of at least 4 members (excludes halogenated alkanes) is 1. The zero-order valence-electron chi connectivity index (χ0n) is 8.13. The predicted octanol–water partition coefficient (Wildman–Crippen LogP) is 4.33. The van der Waals surface area contributed by atoms with Crippen LogP contribution >= 0.6 is 27.5 Å². The summed E-state index contributed by atoms with van der Waals surface area (Å²) in [5.41, 5.74) is 0.926. The van der Waals surface area contributed by atoms with Gasteiger partial charge in [0.25, 0.3) is 0 Å². The number of aliphatic hydroxyl groups excluding tert-OH is 1. The number of hydrogen-bond acceptors (Lipinski definition) is 1. The number of rotatable bonds is 4. The lowest BCUT2D eigenvalue weighted by atomic mass is 10.0. The van der Waals surface area contributed by atoms with Crippen LogP contribution in [-0.2, 0) is 0 Å². The topological polar surface area (TPSA) is 20.2 Å². The SMILES string of the molecule is CCCCC(O)c1ccc(Cl)c(Br)c1. The van der Waals surface area contributed by atoms with Gasteiger partial charge in [0, 0.05) is 4.47 Å². The summed E-state index contributed by atoms with van der Waals surface area (Å²) >= 11 is 9.20. The minimum absolute atomic E-state index is 0.372. The first-order chi connectivity index (χ1) is 6.65. The van der Waals surface area contributed by atoms with E-state index < -0.39 is 0 Å². The van der Waals surface area contributed by atoms with Gasteiger partial charge < -0.3 is 5.11 Å². The van der Waals surface area contributed by atoms with Crippen molar-refractivity contribution in [1.29, 1.82) is 0 Å². The van der Waals surface area contributed by atoms with Crippen molar-refractivity contribution in [3.63, 3.8) is 0 Å². The highest BCUT2D eigenvalue weighted by Gasteiger charge is 2.08. The number of hydrogen-bond donors (Lipinski definition) is 1. The third-order valence-electron chi connectivity index (χ3n) is 2.16. The molecule has 0 fully saturated rings. The van der Waals surface area contributed by atoms with Crippen LogP contribution in [0.4, 0.5) is 0 Å². The molecule has 1 unspecified atom stereocenters. The zero-order valence-corrected chi connectivity index (χ0v) is 10.5. The average Bonchev–Trinajstić information content (AvgIpc) is 2.18. The number of halogens is 2. The van der Waals surface area contributed by atoms with Crippen LogP contribution < -0.4 is 0 Å². The molecule has 1 aromatic rings. The molecule has 1 N–H and O–H groups in total. The van der Waals surface area contributed by atoms with Gasteiger partial charge in [-0.25, -0.2) is 0 Å². The zero-order chi connectivity index (χ0) is 10.6. The third kappa shape index (κ3) is 3.26. The van der Waals surface area contributed by atoms with Crippen LogP contribution in [0.25, 0.3) is 0 Å². The van der Waals surface area contributed by atoms with E-state index in [1.165, 1.54) is 0 Å². The summed E-state index contributed by atoms with van der Waals surface area (Å²) in [7, 11) is 0. The monoisotopic (exact) mass is 276 g/mol. The quantitative estimate of drug-likeness (QED) is 0.868. The Kier molecular flexibility index (Phi) is 4.93. The average molecular weight is 278 g/mol. The van der Waals surface area contributed by atoms with Crippen LogP contribution in [0.5, 0.6) is 0 Å². The van der Waals surface area contributed by atoms with E-state index in [4.69, 9.17) is 11.6 Å². The third-order valence-corrected chi connectivity index (χ3v) is 3.37. The molecule has 1 atom stereocenters. The van der Waals surface area contributed by atoms with Gasteiger partial charge in [0.15, 0.2) is 0 Å². The molecule has 0 saturated heterocycles. The Morgan fingerprint density at radius 3 is 2.79 bits per heavy atom. The summed E-state index contributed by atoms with van der Waals surface area (Å²) in [5, 5.41) is 10.5. The fourth-order valence-corrected chi connectivity index (χ4v) is 1.80. The van der Waals surface area contributed by atoms with Crippen molar-refractivity contribution in [2.75, 3.05) is 0 Å². The second-order valence-electron chi connectivity index (χ2n) is 3.33. The molecule has 0 aromatic heterocycles. The smallest absolute Gasteiger partial charge is 0.0790 e. The predicted molar refractivity (Wildman–Crippen MR) is 63.6 cm³/mol. The maximum Gasteiger partial charge on any atom is 0.0790 e. The molecule has 1 rings (SSSR count). The molecule has 1 aromatic carbocycles. The molecule has 0 aliphatic carbocycles. The molecule has 0 heterocycles. The molecule has 78 valence electrons. The standard InChI is InChI=1S/C11H14BrClO/c1-2-3-4-11(14)8-5-6-10(13)9(12)7-8/h5-7,11,14H,2-4H2,1H3. The lowest BCUT2D eigenvalue weighted by Gasteiger charge is -2.10. The van der Waals surface area contributed by atoms with E-state index in [9.17, 15) is 5.11 Å². The molecule has 0 aliphatic rings. The molecule has 0 amide bonds.